The molecule has 1 atom stereocenters. The van der Waals surface area contributed by atoms with Crippen molar-refractivity contribution >= 4 is 49.4 Å². The van der Waals surface area contributed by atoms with Gasteiger partial charge in [0.1, 0.15) is 18.7 Å². The van der Waals surface area contributed by atoms with E-state index >= 15 is 0 Å². The topological polar surface area (TPSA) is 60.3 Å². The van der Waals surface area contributed by atoms with E-state index in [9.17, 15) is 0 Å². The number of aromatic nitrogens is 2. The lowest BCUT2D eigenvalue weighted by Gasteiger charge is -2.18. The molecule has 212 valence electrons. The van der Waals surface area contributed by atoms with Crippen molar-refractivity contribution in [3.05, 3.63) is 163 Å². The summed E-state index contributed by atoms with van der Waals surface area (Å²) in [5.41, 5.74) is 14.4. The molecule has 8 aromatic rings. The van der Waals surface area contributed by atoms with Gasteiger partial charge in [0.2, 0.25) is 0 Å². The van der Waals surface area contributed by atoms with Gasteiger partial charge in [-0.25, -0.2) is 4.99 Å². The van der Waals surface area contributed by atoms with Gasteiger partial charge in [-0.05, 0) is 42.0 Å². The third-order valence-electron chi connectivity index (χ3n) is 8.45. The van der Waals surface area contributed by atoms with Gasteiger partial charge in [-0.15, -0.1) is 0 Å². The van der Waals surface area contributed by atoms with Gasteiger partial charge in [-0.2, -0.15) is 0 Å². The van der Waals surface area contributed by atoms with Crippen LogP contribution in [0.4, 0.5) is 0 Å². The van der Waals surface area contributed by atoms with Crippen molar-refractivity contribution in [3.8, 4) is 5.69 Å². The molecule has 0 aliphatic carbocycles. The molecule has 0 spiro atoms. The third kappa shape index (κ3) is 4.42. The van der Waals surface area contributed by atoms with E-state index in [0.717, 1.165) is 33.7 Å². The minimum absolute atomic E-state index is 0.394. The molecule has 5 heteroatoms. The molecule has 0 amide bonds. The van der Waals surface area contributed by atoms with Crippen molar-refractivity contribution in [1.82, 2.24) is 14.5 Å². The molecule has 0 bridgehead atoms. The Balaban J connectivity index is 1.33. The van der Waals surface area contributed by atoms with Crippen LogP contribution in [0.2, 0.25) is 0 Å². The smallest absolute Gasteiger partial charge is 0.131 e. The molecule has 0 aliphatic rings. The number of nitrogens with one attached hydrogen (secondary N) is 1. The number of hydrogen-bond donors (Lipinski definition) is 2. The number of amidine groups is 1. The summed E-state index contributed by atoms with van der Waals surface area (Å²) in [5, 5.41) is 8.41. The van der Waals surface area contributed by atoms with E-state index in [2.05, 4.69) is 118 Å². The molecule has 0 saturated heterocycles. The second-order valence-electron chi connectivity index (χ2n) is 11.1. The molecule has 2 aromatic heterocycles. The zero-order chi connectivity index (χ0) is 29.5. The lowest BCUT2D eigenvalue weighted by Crippen LogP contribution is -2.35. The highest BCUT2D eigenvalue weighted by atomic mass is 15.1. The summed E-state index contributed by atoms with van der Waals surface area (Å²) in [6.07, 6.45) is -0.394. The zero-order valence-electron chi connectivity index (χ0n) is 24.1. The summed E-state index contributed by atoms with van der Waals surface area (Å²) in [4.78, 5) is 5.19. The second-order valence-corrected chi connectivity index (χ2v) is 11.1. The number of para-hydroxylation sites is 3. The van der Waals surface area contributed by atoms with Gasteiger partial charge >= 0.3 is 0 Å². The van der Waals surface area contributed by atoms with E-state index in [4.69, 9.17) is 10.7 Å². The van der Waals surface area contributed by atoms with E-state index < -0.39 is 6.17 Å². The standard InChI is InChI=1S/C39H31N5/c40-38(27-14-4-1-5-15-27)42-39(28-16-6-2-7-17-28)41-26-43-34-22-12-10-20-30(34)32-24-33-31-21-11-13-23-35(31)44(37(33)25-36(32)43)29-18-8-3-9-19-29/h1-25,38H,26,40H2,(H,41,42). The Hall–Kier alpha value is -5.65. The Kier molecular flexibility index (Phi) is 6.43. The Labute approximate surface area is 255 Å². The third-order valence-corrected chi connectivity index (χ3v) is 8.45. The van der Waals surface area contributed by atoms with Crippen molar-refractivity contribution in [2.45, 2.75) is 12.8 Å². The summed E-state index contributed by atoms with van der Waals surface area (Å²) in [6, 6.07) is 52.8. The van der Waals surface area contributed by atoms with Crippen molar-refractivity contribution in [2.75, 3.05) is 0 Å². The molecule has 44 heavy (non-hydrogen) atoms. The van der Waals surface area contributed by atoms with Gasteiger partial charge in [0, 0.05) is 32.8 Å². The van der Waals surface area contributed by atoms with Gasteiger partial charge in [0.25, 0.3) is 0 Å². The van der Waals surface area contributed by atoms with Crippen LogP contribution in [0.1, 0.15) is 17.3 Å². The molecule has 0 fully saturated rings. The molecular weight excluding hydrogens is 538 g/mol. The van der Waals surface area contributed by atoms with Crippen LogP contribution in [0.5, 0.6) is 0 Å². The maximum Gasteiger partial charge on any atom is 0.131 e. The number of rotatable bonds is 6. The number of hydrogen-bond acceptors (Lipinski definition) is 2. The van der Waals surface area contributed by atoms with Crippen molar-refractivity contribution < 1.29 is 0 Å². The number of aliphatic imine (C=N–C) groups is 1. The molecular formula is C39H31N5. The van der Waals surface area contributed by atoms with Crippen LogP contribution in [0, 0.1) is 0 Å². The van der Waals surface area contributed by atoms with Crippen LogP contribution in [-0.2, 0) is 6.67 Å². The monoisotopic (exact) mass is 569 g/mol. The van der Waals surface area contributed by atoms with E-state index in [1.54, 1.807) is 0 Å². The molecule has 1 unspecified atom stereocenters. The number of benzene rings is 6. The average molecular weight is 570 g/mol. The molecule has 6 aromatic carbocycles. The first-order chi connectivity index (χ1) is 21.8. The lowest BCUT2D eigenvalue weighted by atomic mass is 10.1. The van der Waals surface area contributed by atoms with Crippen LogP contribution in [0.3, 0.4) is 0 Å². The quantitative estimate of drug-likeness (QED) is 0.120. The normalized spacial score (nSPS) is 12.8. The van der Waals surface area contributed by atoms with Gasteiger partial charge < -0.3 is 20.2 Å². The first kappa shape index (κ1) is 26.0. The predicted octanol–water partition coefficient (Wildman–Crippen LogP) is 8.54. The van der Waals surface area contributed by atoms with Crippen LogP contribution in [0.15, 0.2) is 157 Å². The molecule has 5 nitrogen and oxygen atoms in total. The van der Waals surface area contributed by atoms with E-state index in [0.29, 0.717) is 6.67 Å². The molecule has 0 radical (unpaired) electrons. The second kappa shape index (κ2) is 10.9. The molecule has 0 saturated carbocycles. The fourth-order valence-electron chi connectivity index (χ4n) is 6.37. The summed E-state index contributed by atoms with van der Waals surface area (Å²) in [5.74, 6) is 0.757. The highest BCUT2D eigenvalue weighted by Gasteiger charge is 2.18. The summed E-state index contributed by atoms with van der Waals surface area (Å²) in [7, 11) is 0. The number of nitrogens with zero attached hydrogens (tertiary/aromatic N) is 3. The van der Waals surface area contributed by atoms with E-state index in [1.807, 2.05) is 48.5 Å². The van der Waals surface area contributed by atoms with E-state index in [-0.39, 0.29) is 0 Å². The fourth-order valence-corrected chi connectivity index (χ4v) is 6.37. The van der Waals surface area contributed by atoms with Gasteiger partial charge in [0.15, 0.2) is 0 Å². The maximum atomic E-state index is 6.63. The SMILES string of the molecule is NC(NC(=NCn1c2ccccc2c2cc3c4ccccc4n(-c4ccccc4)c3cc21)c1ccccc1)c1ccccc1. The number of nitrogens with two attached hydrogens (primary N) is 1. The largest absolute Gasteiger partial charge is 0.351 e. The molecule has 2 heterocycles. The van der Waals surface area contributed by atoms with Crippen LogP contribution < -0.4 is 11.1 Å². The van der Waals surface area contributed by atoms with Crippen molar-refractivity contribution in [1.29, 1.82) is 0 Å². The average Bonchev–Trinajstić information content (AvgIpc) is 3.58. The van der Waals surface area contributed by atoms with Crippen molar-refractivity contribution in [2.24, 2.45) is 10.7 Å². The first-order valence-electron chi connectivity index (χ1n) is 14.9. The fraction of sp³-hybridized carbons (Fsp3) is 0.0513. The highest BCUT2D eigenvalue weighted by molar-refractivity contribution is 6.18. The minimum atomic E-state index is -0.394. The summed E-state index contributed by atoms with van der Waals surface area (Å²) >= 11 is 0. The van der Waals surface area contributed by atoms with Gasteiger partial charge in [0.05, 0.1) is 22.1 Å². The Morgan fingerprint density at radius 1 is 0.568 bits per heavy atom. The maximum absolute atomic E-state index is 6.63. The summed E-state index contributed by atoms with van der Waals surface area (Å²) in [6.45, 7) is 0.430. The molecule has 3 N–H and O–H groups in total. The van der Waals surface area contributed by atoms with Crippen LogP contribution in [0.25, 0.3) is 49.3 Å². The Morgan fingerprint density at radius 3 is 1.86 bits per heavy atom. The highest BCUT2D eigenvalue weighted by Crippen LogP contribution is 2.38. The summed E-state index contributed by atoms with van der Waals surface area (Å²) < 4.78 is 4.68. The molecule has 8 rings (SSSR count). The predicted molar refractivity (Wildman–Crippen MR) is 183 cm³/mol. The Morgan fingerprint density at radius 2 is 1.14 bits per heavy atom. The lowest BCUT2D eigenvalue weighted by molar-refractivity contribution is 0.672. The van der Waals surface area contributed by atoms with Crippen LogP contribution in [-0.4, -0.2) is 15.0 Å². The van der Waals surface area contributed by atoms with Crippen molar-refractivity contribution in [3.63, 3.8) is 0 Å². The zero-order valence-corrected chi connectivity index (χ0v) is 24.1. The minimum Gasteiger partial charge on any atom is -0.351 e. The first-order valence-corrected chi connectivity index (χ1v) is 14.9. The Bertz CT molecular complexity index is 2280. The van der Waals surface area contributed by atoms with Crippen LogP contribution >= 0.6 is 0 Å². The number of fused-ring (bicyclic) bond motifs is 6. The van der Waals surface area contributed by atoms with Gasteiger partial charge in [-0.1, -0.05) is 115 Å². The molecule has 0 aliphatic heterocycles. The van der Waals surface area contributed by atoms with E-state index in [1.165, 1.54) is 32.6 Å². The van der Waals surface area contributed by atoms with Gasteiger partial charge in [-0.3, -0.25) is 0 Å².